The highest BCUT2D eigenvalue weighted by Gasteiger charge is 2.31. The van der Waals surface area contributed by atoms with Gasteiger partial charge in [0.25, 0.3) is 0 Å². The lowest BCUT2D eigenvalue weighted by Gasteiger charge is -2.25. The number of ether oxygens (including phenoxy) is 2. The number of fused-ring (bicyclic) bond motifs is 1. The summed E-state index contributed by atoms with van der Waals surface area (Å²) in [4.78, 5) is 16.5. The molecule has 6 nitrogen and oxygen atoms in total. The van der Waals surface area contributed by atoms with Crippen molar-refractivity contribution in [3.05, 3.63) is 59.7 Å². The number of amidine groups is 1. The van der Waals surface area contributed by atoms with Crippen LogP contribution in [-0.4, -0.2) is 24.5 Å². The molecule has 1 atom stereocenters. The SMILES string of the molecule is N/C(=N\OC(=O)c1cccc(C(F)(F)F)c1)[C@H]1COc2ccccc2O1. The Kier molecular flexibility index (Phi) is 4.70. The molecule has 2 aromatic rings. The molecule has 0 fully saturated rings. The first-order chi connectivity index (χ1) is 12.3. The predicted molar refractivity (Wildman–Crippen MR) is 84.8 cm³/mol. The lowest BCUT2D eigenvalue weighted by atomic mass is 10.1. The highest BCUT2D eigenvalue weighted by Crippen LogP contribution is 2.31. The fraction of sp³-hybridized carbons (Fsp3) is 0.176. The average Bonchev–Trinajstić information content (AvgIpc) is 2.64. The van der Waals surface area contributed by atoms with E-state index in [1.165, 1.54) is 6.07 Å². The summed E-state index contributed by atoms with van der Waals surface area (Å²) in [7, 11) is 0. The number of carbonyl (C=O) groups excluding carboxylic acids is 1. The number of hydrogen-bond donors (Lipinski definition) is 1. The molecule has 0 spiro atoms. The number of rotatable bonds is 3. The minimum absolute atomic E-state index is 0.0491. The molecule has 26 heavy (non-hydrogen) atoms. The molecule has 0 amide bonds. The zero-order valence-corrected chi connectivity index (χ0v) is 13.2. The molecule has 2 aromatic carbocycles. The third-order valence-corrected chi connectivity index (χ3v) is 3.50. The Hall–Kier alpha value is -3.23. The van der Waals surface area contributed by atoms with Crippen LogP contribution in [0.3, 0.4) is 0 Å². The van der Waals surface area contributed by atoms with E-state index in [9.17, 15) is 18.0 Å². The first-order valence-corrected chi connectivity index (χ1v) is 7.45. The molecule has 0 aromatic heterocycles. The first kappa shape index (κ1) is 17.6. The van der Waals surface area contributed by atoms with Crippen molar-refractivity contribution in [2.24, 2.45) is 10.9 Å². The second-order valence-corrected chi connectivity index (χ2v) is 5.34. The second-order valence-electron chi connectivity index (χ2n) is 5.34. The summed E-state index contributed by atoms with van der Waals surface area (Å²) in [5.74, 6) is -0.264. The molecule has 2 N–H and O–H groups in total. The number of para-hydroxylation sites is 2. The summed E-state index contributed by atoms with van der Waals surface area (Å²) in [5, 5.41) is 3.45. The van der Waals surface area contributed by atoms with E-state index in [-0.39, 0.29) is 18.0 Å². The summed E-state index contributed by atoms with van der Waals surface area (Å²) >= 11 is 0. The lowest BCUT2D eigenvalue weighted by molar-refractivity contribution is -0.137. The average molecular weight is 366 g/mol. The number of hydrogen-bond acceptors (Lipinski definition) is 5. The van der Waals surface area contributed by atoms with Gasteiger partial charge in [-0.1, -0.05) is 23.4 Å². The van der Waals surface area contributed by atoms with Gasteiger partial charge in [-0.15, -0.1) is 0 Å². The molecule has 0 radical (unpaired) electrons. The highest BCUT2D eigenvalue weighted by molar-refractivity contribution is 5.91. The molecule has 3 rings (SSSR count). The van der Waals surface area contributed by atoms with Crippen molar-refractivity contribution in [3.63, 3.8) is 0 Å². The maximum Gasteiger partial charge on any atom is 0.416 e. The number of carbonyl (C=O) groups is 1. The summed E-state index contributed by atoms with van der Waals surface area (Å²) in [6.07, 6.45) is -5.36. The standard InChI is InChI=1S/C17H13F3N2O4/c18-17(19,20)11-5-3-4-10(8-11)16(23)26-22-15(21)14-9-24-12-6-1-2-7-13(12)25-14/h1-8,14H,9H2,(H2,21,22)/t14-/m1/s1. The van der Waals surface area contributed by atoms with Gasteiger partial charge in [-0.2, -0.15) is 13.2 Å². The first-order valence-electron chi connectivity index (χ1n) is 7.45. The monoisotopic (exact) mass is 366 g/mol. The van der Waals surface area contributed by atoms with Gasteiger partial charge in [0.15, 0.2) is 23.4 Å². The maximum absolute atomic E-state index is 12.7. The van der Waals surface area contributed by atoms with E-state index in [1.807, 2.05) is 0 Å². The third-order valence-electron chi connectivity index (χ3n) is 3.50. The zero-order valence-electron chi connectivity index (χ0n) is 13.2. The number of nitrogens with zero attached hydrogens (tertiary/aromatic N) is 1. The van der Waals surface area contributed by atoms with Crippen LogP contribution in [0.4, 0.5) is 13.2 Å². The molecule has 1 aliphatic heterocycles. The number of oxime groups is 1. The van der Waals surface area contributed by atoms with Crippen molar-refractivity contribution < 1.29 is 32.3 Å². The van der Waals surface area contributed by atoms with Crippen LogP contribution in [0.15, 0.2) is 53.7 Å². The number of halogens is 3. The van der Waals surface area contributed by atoms with Crippen molar-refractivity contribution >= 4 is 11.8 Å². The van der Waals surface area contributed by atoms with Crippen LogP contribution in [0, 0.1) is 0 Å². The Balaban J connectivity index is 1.67. The molecule has 1 aliphatic rings. The van der Waals surface area contributed by atoms with Gasteiger partial charge in [-0.3, -0.25) is 0 Å². The third kappa shape index (κ3) is 3.88. The fourth-order valence-electron chi connectivity index (χ4n) is 2.19. The van der Waals surface area contributed by atoms with Crippen LogP contribution in [0.2, 0.25) is 0 Å². The van der Waals surface area contributed by atoms with E-state index in [4.69, 9.17) is 15.2 Å². The van der Waals surface area contributed by atoms with Gasteiger partial charge in [0.2, 0.25) is 0 Å². The van der Waals surface area contributed by atoms with Crippen molar-refractivity contribution in [1.29, 1.82) is 0 Å². The van der Waals surface area contributed by atoms with E-state index in [0.717, 1.165) is 12.1 Å². The van der Waals surface area contributed by atoms with Crippen molar-refractivity contribution in [1.82, 2.24) is 0 Å². The Bertz CT molecular complexity index is 852. The van der Waals surface area contributed by atoms with Crippen molar-refractivity contribution in [3.8, 4) is 11.5 Å². The minimum Gasteiger partial charge on any atom is -0.485 e. The van der Waals surface area contributed by atoms with E-state index >= 15 is 0 Å². The van der Waals surface area contributed by atoms with Gasteiger partial charge in [-0.05, 0) is 30.3 Å². The van der Waals surface area contributed by atoms with Gasteiger partial charge >= 0.3 is 12.1 Å². The Morgan fingerprint density at radius 3 is 2.62 bits per heavy atom. The molecule has 0 unspecified atom stereocenters. The smallest absolute Gasteiger partial charge is 0.416 e. The molecule has 136 valence electrons. The van der Waals surface area contributed by atoms with Crippen molar-refractivity contribution in [2.45, 2.75) is 12.3 Å². The number of alkyl halides is 3. The van der Waals surface area contributed by atoms with E-state index in [2.05, 4.69) is 9.99 Å². The summed E-state index contributed by atoms with van der Waals surface area (Å²) in [6.45, 7) is 0.0491. The number of nitrogens with two attached hydrogens (primary N) is 1. The van der Waals surface area contributed by atoms with Crippen LogP contribution >= 0.6 is 0 Å². The molecule has 0 saturated heterocycles. The van der Waals surface area contributed by atoms with Crippen LogP contribution in [0.25, 0.3) is 0 Å². The molecule has 9 heteroatoms. The predicted octanol–water partition coefficient (Wildman–Crippen LogP) is 2.97. The largest absolute Gasteiger partial charge is 0.485 e. The molecule has 0 saturated carbocycles. The molecule has 0 bridgehead atoms. The molecular weight excluding hydrogens is 353 g/mol. The topological polar surface area (TPSA) is 83.1 Å². The second kappa shape index (κ2) is 6.95. The van der Waals surface area contributed by atoms with Crippen LogP contribution in [0.1, 0.15) is 15.9 Å². The molecule has 1 heterocycles. The normalized spacial score (nSPS) is 16.9. The van der Waals surface area contributed by atoms with Gasteiger partial charge < -0.3 is 20.0 Å². The maximum atomic E-state index is 12.7. The van der Waals surface area contributed by atoms with Crippen LogP contribution in [-0.2, 0) is 11.0 Å². The summed E-state index contributed by atoms with van der Waals surface area (Å²) in [5.41, 5.74) is 4.45. The number of benzene rings is 2. The van der Waals surface area contributed by atoms with Gasteiger partial charge in [0, 0.05) is 0 Å². The van der Waals surface area contributed by atoms with Gasteiger partial charge in [-0.25, -0.2) is 4.79 Å². The van der Waals surface area contributed by atoms with E-state index in [1.54, 1.807) is 24.3 Å². The quantitative estimate of drug-likeness (QED) is 0.391. The van der Waals surface area contributed by atoms with Gasteiger partial charge in [0.05, 0.1) is 11.1 Å². The molecule has 0 aliphatic carbocycles. The molecular formula is C17H13F3N2O4. The summed E-state index contributed by atoms with van der Waals surface area (Å²) in [6, 6.07) is 10.7. The van der Waals surface area contributed by atoms with E-state index in [0.29, 0.717) is 17.6 Å². The lowest BCUT2D eigenvalue weighted by Crippen LogP contribution is -2.41. The van der Waals surface area contributed by atoms with Crippen molar-refractivity contribution in [2.75, 3.05) is 6.61 Å². The van der Waals surface area contributed by atoms with Crippen LogP contribution in [0.5, 0.6) is 11.5 Å². The Morgan fingerprint density at radius 1 is 1.15 bits per heavy atom. The van der Waals surface area contributed by atoms with Gasteiger partial charge in [0.1, 0.15) is 6.61 Å². The zero-order chi connectivity index (χ0) is 18.7. The minimum atomic E-state index is -4.57. The van der Waals surface area contributed by atoms with Crippen LogP contribution < -0.4 is 15.2 Å². The fourth-order valence-corrected chi connectivity index (χ4v) is 2.19. The highest BCUT2D eigenvalue weighted by atomic mass is 19.4. The Labute approximate surface area is 145 Å². The Morgan fingerprint density at radius 2 is 1.88 bits per heavy atom. The summed E-state index contributed by atoms with van der Waals surface area (Å²) < 4.78 is 49.1. The van der Waals surface area contributed by atoms with E-state index < -0.39 is 23.8 Å².